The molecule has 118 valence electrons. The van der Waals surface area contributed by atoms with Gasteiger partial charge in [-0.1, -0.05) is 30.1 Å². The molecule has 0 fully saturated rings. The Morgan fingerprint density at radius 2 is 1.95 bits per heavy atom. The lowest BCUT2D eigenvalue weighted by atomic mass is 9.95. The van der Waals surface area contributed by atoms with Crippen LogP contribution in [0.3, 0.4) is 0 Å². The van der Waals surface area contributed by atoms with E-state index in [9.17, 15) is 4.79 Å². The average Bonchev–Trinajstić information content (AvgIpc) is 2.45. The molecule has 1 aliphatic rings. The summed E-state index contributed by atoms with van der Waals surface area (Å²) in [5.41, 5.74) is 7.63. The third kappa shape index (κ3) is 3.54. The fourth-order valence-electron chi connectivity index (χ4n) is 2.32. The van der Waals surface area contributed by atoms with Crippen molar-refractivity contribution in [1.29, 1.82) is 0 Å². The number of rotatable bonds is 4. The molecule has 0 amide bonds. The number of hydrogen-bond acceptors (Lipinski definition) is 5. The molecule has 1 heterocycles. The first-order valence-electron chi connectivity index (χ1n) is 6.92. The summed E-state index contributed by atoms with van der Waals surface area (Å²) in [7, 11) is 0. The summed E-state index contributed by atoms with van der Waals surface area (Å²) in [6.45, 7) is 3.95. The van der Waals surface area contributed by atoms with E-state index < -0.39 is 12.0 Å². The minimum absolute atomic E-state index is 0.242. The van der Waals surface area contributed by atoms with E-state index in [2.05, 4.69) is 10.3 Å². The highest BCUT2D eigenvalue weighted by atomic mass is 35.5. The van der Waals surface area contributed by atoms with E-state index in [-0.39, 0.29) is 12.6 Å². The summed E-state index contributed by atoms with van der Waals surface area (Å²) in [6, 6.07) is 4.46. The third-order valence-electron chi connectivity index (χ3n) is 3.20. The summed E-state index contributed by atoms with van der Waals surface area (Å²) in [5, 5.41) is 3.86. The van der Waals surface area contributed by atoms with E-state index >= 15 is 0 Å². The Labute approximate surface area is 139 Å². The van der Waals surface area contributed by atoms with E-state index in [1.54, 1.807) is 25.1 Å². The maximum absolute atomic E-state index is 12.3. The largest absolute Gasteiger partial charge is 0.463 e. The van der Waals surface area contributed by atoms with Gasteiger partial charge >= 0.3 is 5.97 Å². The van der Waals surface area contributed by atoms with Crippen molar-refractivity contribution in [2.24, 2.45) is 10.7 Å². The molecule has 0 radical (unpaired) electrons. The van der Waals surface area contributed by atoms with Crippen molar-refractivity contribution in [3.05, 3.63) is 45.1 Å². The molecule has 1 aliphatic heterocycles. The second kappa shape index (κ2) is 7.03. The fraction of sp³-hybridized carbons (Fsp3) is 0.333. The van der Waals surface area contributed by atoms with Crippen LogP contribution in [0.2, 0.25) is 10.0 Å². The van der Waals surface area contributed by atoms with Gasteiger partial charge in [-0.2, -0.15) is 0 Å². The number of ether oxygens (including phenoxy) is 1. The quantitative estimate of drug-likeness (QED) is 0.824. The van der Waals surface area contributed by atoms with Gasteiger partial charge in [0, 0.05) is 15.7 Å². The Bertz CT molecular complexity index is 636. The average molecular weight is 342 g/mol. The van der Waals surface area contributed by atoms with E-state index in [1.165, 1.54) is 0 Å². The molecular formula is C15H17Cl2N3O2. The van der Waals surface area contributed by atoms with Gasteiger partial charge in [0.05, 0.1) is 12.2 Å². The number of nitrogens with zero attached hydrogens (tertiary/aromatic N) is 1. The highest BCUT2D eigenvalue weighted by Gasteiger charge is 2.30. The summed E-state index contributed by atoms with van der Waals surface area (Å²) in [6.07, 6.45) is 0.592. The molecule has 0 saturated heterocycles. The molecule has 0 spiro atoms. The number of nitrogens with one attached hydrogen (secondary N) is 1. The molecule has 1 atom stereocenters. The van der Waals surface area contributed by atoms with Gasteiger partial charge in [0.2, 0.25) is 0 Å². The SMILES string of the molecule is CCOC(=O)C1=C(CC)NC(N)=NC1c1cc(Cl)cc(Cl)c1. The Hall–Kier alpha value is -1.72. The predicted octanol–water partition coefficient (Wildman–Crippen LogP) is 3.18. The Kier molecular flexibility index (Phi) is 5.32. The first kappa shape index (κ1) is 16.6. The number of carbonyl (C=O) groups excluding carboxylic acids is 1. The van der Waals surface area contributed by atoms with Crippen LogP contribution in [0.1, 0.15) is 31.9 Å². The first-order chi connectivity index (χ1) is 10.5. The zero-order chi connectivity index (χ0) is 16.3. The molecule has 22 heavy (non-hydrogen) atoms. The van der Waals surface area contributed by atoms with Crippen LogP contribution in [0.15, 0.2) is 34.5 Å². The van der Waals surface area contributed by atoms with Crippen LogP contribution in [-0.4, -0.2) is 18.5 Å². The van der Waals surface area contributed by atoms with Gasteiger partial charge in [0.15, 0.2) is 5.96 Å². The predicted molar refractivity (Wildman–Crippen MR) is 87.9 cm³/mol. The number of guanidine groups is 1. The number of nitrogens with two attached hydrogens (primary N) is 1. The molecule has 2 rings (SSSR count). The maximum Gasteiger partial charge on any atom is 0.338 e. The summed E-state index contributed by atoms with van der Waals surface area (Å²) >= 11 is 12.1. The maximum atomic E-state index is 12.3. The van der Waals surface area contributed by atoms with Crippen LogP contribution in [0.5, 0.6) is 0 Å². The second-order valence-corrected chi connectivity index (χ2v) is 5.58. The molecule has 5 nitrogen and oxygen atoms in total. The number of benzene rings is 1. The fourth-order valence-corrected chi connectivity index (χ4v) is 2.86. The van der Waals surface area contributed by atoms with Crippen molar-refractivity contribution in [2.45, 2.75) is 26.3 Å². The Morgan fingerprint density at radius 1 is 1.32 bits per heavy atom. The van der Waals surface area contributed by atoms with Gasteiger partial charge in [-0.25, -0.2) is 9.79 Å². The molecule has 1 aromatic rings. The lowest BCUT2D eigenvalue weighted by molar-refractivity contribution is -0.139. The van der Waals surface area contributed by atoms with Crippen molar-refractivity contribution in [1.82, 2.24) is 5.32 Å². The highest BCUT2D eigenvalue weighted by Crippen LogP contribution is 2.34. The Balaban J connectivity index is 2.54. The number of carbonyl (C=O) groups is 1. The molecule has 3 N–H and O–H groups in total. The normalized spacial score (nSPS) is 17.8. The van der Waals surface area contributed by atoms with Gasteiger partial charge in [-0.15, -0.1) is 0 Å². The Morgan fingerprint density at radius 3 is 2.50 bits per heavy atom. The molecule has 0 bridgehead atoms. The molecule has 0 aromatic heterocycles. The van der Waals surface area contributed by atoms with E-state index in [0.29, 0.717) is 33.3 Å². The van der Waals surface area contributed by atoms with Gasteiger partial charge in [0.1, 0.15) is 6.04 Å². The van der Waals surface area contributed by atoms with Crippen molar-refractivity contribution in [3.63, 3.8) is 0 Å². The first-order valence-corrected chi connectivity index (χ1v) is 7.68. The van der Waals surface area contributed by atoms with Crippen molar-refractivity contribution < 1.29 is 9.53 Å². The summed E-state index contributed by atoms with van der Waals surface area (Å²) in [4.78, 5) is 16.7. The van der Waals surface area contributed by atoms with Crippen LogP contribution in [-0.2, 0) is 9.53 Å². The van der Waals surface area contributed by atoms with Crippen LogP contribution in [0, 0.1) is 0 Å². The highest BCUT2D eigenvalue weighted by molar-refractivity contribution is 6.34. The number of aliphatic imine (C=N–C) groups is 1. The van der Waals surface area contributed by atoms with E-state index in [1.807, 2.05) is 6.92 Å². The summed E-state index contributed by atoms with van der Waals surface area (Å²) in [5.74, 6) is -0.185. The number of esters is 1. The third-order valence-corrected chi connectivity index (χ3v) is 3.63. The topological polar surface area (TPSA) is 76.7 Å². The minimum atomic E-state index is -0.591. The molecule has 7 heteroatoms. The molecule has 1 aromatic carbocycles. The molecule has 1 unspecified atom stereocenters. The zero-order valence-electron chi connectivity index (χ0n) is 12.3. The lowest BCUT2D eigenvalue weighted by Crippen LogP contribution is -2.38. The zero-order valence-corrected chi connectivity index (χ0v) is 13.8. The van der Waals surface area contributed by atoms with Gasteiger partial charge in [0.25, 0.3) is 0 Å². The molecule has 0 saturated carbocycles. The smallest absolute Gasteiger partial charge is 0.338 e. The van der Waals surface area contributed by atoms with Crippen LogP contribution >= 0.6 is 23.2 Å². The lowest BCUT2D eigenvalue weighted by Gasteiger charge is -2.25. The van der Waals surface area contributed by atoms with E-state index in [4.69, 9.17) is 33.7 Å². The monoisotopic (exact) mass is 341 g/mol. The van der Waals surface area contributed by atoms with Crippen molar-refractivity contribution in [3.8, 4) is 0 Å². The van der Waals surface area contributed by atoms with Crippen molar-refractivity contribution >= 4 is 35.1 Å². The molecular weight excluding hydrogens is 325 g/mol. The number of halogens is 2. The van der Waals surface area contributed by atoms with Gasteiger partial charge < -0.3 is 15.8 Å². The van der Waals surface area contributed by atoms with Crippen LogP contribution in [0.25, 0.3) is 0 Å². The standard InChI is InChI=1S/C15H17Cl2N3O2/c1-3-11-12(14(21)22-4-2)13(20-15(18)19-11)8-5-9(16)7-10(17)6-8/h5-7,13H,3-4H2,1-2H3,(H3,18,19,20). The van der Waals surface area contributed by atoms with Crippen LogP contribution in [0.4, 0.5) is 0 Å². The number of hydrogen-bond donors (Lipinski definition) is 2. The van der Waals surface area contributed by atoms with Gasteiger partial charge in [-0.3, -0.25) is 0 Å². The number of allylic oxidation sites excluding steroid dienone is 1. The van der Waals surface area contributed by atoms with E-state index in [0.717, 1.165) is 0 Å². The van der Waals surface area contributed by atoms with Gasteiger partial charge in [-0.05, 0) is 37.1 Å². The van der Waals surface area contributed by atoms with Crippen molar-refractivity contribution in [2.75, 3.05) is 6.61 Å². The molecule has 0 aliphatic carbocycles. The second-order valence-electron chi connectivity index (χ2n) is 4.71. The van der Waals surface area contributed by atoms with Crippen LogP contribution < -0.4 is 11.1 Å². The summed E-state index contributed by atoms with van der Waals surface area (Å²) < 4.78 is 5.15. The minimum Gasteiger partial charge on any atom is -0.463 e.